The van der Waals surface area contributed by atoms with Crippen molar-refractivity contribution in [3.05, 3.63) is 0 Å². The third-order valence-electron chi connectivity index (χ3n) is 3.51. The number of fused-ring (bicyclic) bond motifs is 2. The lowest BCUT2D eigenvalue weighted by molar-refractivity contribution is 0.380. The molecule has 0 aliphatic carbocycles. The summed E-state index contributed by atoms with van der Waals surface area (Å²) in [6, 6.07) is 0. The SMILES string of the molecule is CS(=O)(=O)OB1C2CCCC1CCC2. The van der Waals surface area contributed by atoms with Crippen molar-refractivity contribution in [3.8, 4) is 0 Å². The van der Waals surface area contributed by atoms with Crippen LogP contribution in [0.4, 0.5) is 0 Å². The van der Waals surface area contributed by atoms with Crippen LogP contribution in [-0.4, -0.2) is 21.6 Å². The van der Waals surface area contributed by atoms with Crippen LogP contribution in [0.1, 0.15) is 38.5 Å². The van der Waals surface area contributed by atoms with E-state index in [-0.39, 0.29) is 6.92 Å². The van der Waals surface area contributed by atoms with Crippen LogP contribution in [0.2, 0.25) is 11.6 Å². The van der Waals surface area contributed by atoms with Crippen molar-refractivity contribution >= 4 is 17.0 Å². The van der Waals surface area contributed by atoms with Crippen molar-refractivity contribution < 1.29 is 12.5 Å². The average molecular weight is 216 g/mol. The molecule has 0 unspecified atom stereocenters. The quantitative estimate of drug-likeness (QED) is 0.663. The van der Waals surface area contributed by atoms with Gasteiger partial charge >= 0.3 is 6.92 Å². The van der Waals surface area contributed by atoms with Gasteiger partial charge in [0.15, 0.2) is 0 Å². The normalized spacial score (nSPS) is 33.1. The van der Waals surface area contributed by atoms with Gasteiger partial charge in [0, 0.05) is 0 Å². The van der Waals surface area contributed by atoms with E-state index in [4.69, 9.17) is 4.10 Å². The predicted molar refractivity (Wildman–Crippen MR) is 56.9 cm³/mol. The van der Waals surface area contributed by atoms with Gasteiger partial charge in [-0.3, -0.25) is 0 Å². The van der Waals surface area contributed by atoms with E-state index in [0.717, 1.165) is 31.9 Å². The monoisotopic (exact) mass is 216 g/mol. The molecular formula is C9H17BO3S. The molecule has 0 atom stereocenters. The van der Waals surface area contributed by atoms with Crippen LogP contribution in [-0.2, 0) is 14.2 Å². The molecule has 0 radical (unpaired) electrons. The topological polar surface area (TPSA) is 43.4 Å². The summed E-state index contributed by atoms with van der Waals surface area (Å²) in [7, 11) is -3.27. The van der Waals surface area contributed by atoms with Crippen molar-refractivity contribution in [2.24, 2.45) is 0 Å². The van der Waals surface area contributed by atoms with Crippen molar-refractivity contribution in [1.82, 2.24) is 0 Å². The lowest BCUT2D eigenvalue weighted by atomic mass is 9.38. The molecular weight excluding hydrogens is 199 g/mol. The van der Waals surface area contributed by atoms with Gasteiger partial charge in [0.1, 0.15) is 0 Å². The summed E-state index contributed by atoms with van der Waals surface area (Å²) in [4.78, 5) is 0. The zero-order valence-corrected chi connectivity index (χ0v) is 9.42. The van der Waals surface area contributed by atoms with Crippen LogP contribution >= 0.6 is 0 Å². The van der Waals surface area contributed by atoms with Gasteiger partial charge in [-0.25, -0.2) is 8.42 Å². The Balaban J connectivity index is 2.09. The molecule has 0 saturated carbocycles. The molecule has 0 aromatic carbocycles. The van der Waals surface area contributed by atoms with Gasteiger partial charge in [0.2, 0.25) is 0 Å². The molecule has 0 aromatic rings. The fourth-order valence-electron chi connectivity index (χ4n) is 2.97. The lowest BCUT2D eigenvalue weighted by Gasteiger charge is -2.38. The van der Waals surface area contributed by atoms with Gasteiger partial charge in [0.25, 0.3) is 10.1 Å². The van der Waals surface area contributed by atoms with E-state index in [1.165, 1.54) is 12.8 Å². The Kier molecular flexibility index (Phi) is 2.89. The number of rotatable bonds is 2. The molecule has 2 aliphatic rings. The second kappa shape index (κ2) is 3.85. The Bertz CT molecular complexity index is 279. The van der Waals surface area contributed by atoms with Crippen LogP contribution in [0.5, 0.6) is 0 Å². The number of hydrogen-bond acceptors (Lipinski definition) is 3. The van der Waals surface area contributed by atoms with Crippen LogP contribution < -0.4 is 0 Å². The van der Waals surface area contributed by atoms with E-state index in [2.05, 4.69) is 0 Å². The van der Waals surface area contributed by atoms with Crippen molar-refractivity contribution in [3.63, 3.8) is 0 Å². The second-order valence-electron chi connectivity index (χ2n) is 4.65. The van der Waals surface area contributed by atoms with Crippen LogP contribution in [0.3, 0.4) is 0 Å². The Morgan fingerprint density at radius 3 is 1.86 bits per heavy atom. The highest BCUT2D eigenvalue weighted by molar-refractivity contribution is 7.86. The molecule has 14 heavy (non-hydrogen) atoms. The highest BCUT2D eigenvalue weighted by atomic mass is 32.2. The van der Waals surface area contributed by atoms with Gasteiger partial charge in [-0.1, -0.05) is 38.5 Å². The summed E-state index contributed by atoms with van der Waals surface area (Å²) >= 11 is 0. The van der Waals surface area contributed by atoms with E-state index in [9.17, 15) is 8.42 Å². The van der Waals surface area contributed by atoms with Gasteiger partial charge in [0.05, 0.1) is 6.26 Å². The van der Waals surface area contributed by atoms with Crippen molar-refractivity contribution in [2.45, 2.75) is 50.2 Å². The predicted octanol–water partition coefficient (Wildman–Crippen LogP) is 2.06. The minimum absolute atomic E-state index is 0.00694. The maximum atomic E-state index is 11.1. The Hall–Kier alpha value is -0.0251. The molecule has 2 heterocycles. The molecule has 0 aromatic heterocycles. The Morgan fingerprint density at radius 2 is 1.50 bits per heavy atom. The number of hydrogen-bond donors (Lipinski definition) is 0. The van der Waals surface area contributed by atoms with E-state index in [1.807, 2.05) is 0 Å². The largest absolute Gasteiger partial charge is 0.333 e. The molecule has 0 spiro atoms. The molecule has 2 fully saturated rings. The minimum Gasteiger partial charge on any atom is -0.333 e. The van der Waals surface area contributed by atoms with E-state index < -0.39 is 10.1 Å². The highest BCUT2D eigenvalue weighted by Crippen LogP contribution is 2.46. The first-order chi connectivity index (χ1) is 6.56. The Morgan fingerprint density at radius 1 is 1.07 bits per heavy atom. The van der Waals surface area contributed by atoms with Crippen molar-refractivity contribution in [1.29, 1.82) is 0 Å². The Labute approximate surface area is 86.5 Å². The van der Waals surface area contributed by atoms with E-state index in [0.29, 0.717) is 11.6 Å². The maximum absolute atomic E-state index is 11.1. The molecule has 0 N–H and O–H groups in total. The first kappa shape index (κ1) is 10.5. The molecule has 80 valence electrons. The summed E-state index contributed by atoms with van der Waals surface area (Å²) in [6.45, 7) is -0.00694. The molecule has 5 heteroatoms. The molecule has 2 saturated heterocycles. The molecule has 2 aliphatic heterocycles. The molecule has 2 rings (SSSR count). The first-order valence-electron chi connectivity index (χ1n) is 5.44. The highest BCUT2D eigenvalue weighted by Gasteiger charge is 2.43. The van der Waals surface area contributed by atoms with Crippen LogP contribution in [0.15, 0.2) is 0 Å². The van der Waals surface area contributed by atoms with Gasteiger partial charge < -0.3 is 4.10 Å². The lowest BCUT2D eigenvalue weighted by Crippen LogP contribution is -2.38. The average Bonchev–Trinajstić information content (AvgIpc) is 1.99. The summed E-state index contributed by atoms with van der Waals surface area (Å²) in [6.07, 6.45) is 8.26. The minimum atomic E-state index is -3.27. The fourth-order valence-corrected chi connectivity index (χ4v) is 3.69. The summed E-state index contributed by atoms with van der Waals surface area (Å²) in [5, 5.41) is 0. The summed E-state index contributed by atoms with van der Waals surface area (Å²) in [5.74, 6) is 0.995. The summed E-state index contributed by atoms with van der Waals surface area (Å²) in [5.41, 5.74) is 0. The van der Waals surface area contributed by atoms with E-state index in [1.54, 1.807) is 0 Å². The molecule has 2 bridgehead atoms. The van der Waals surface area contributed by atoms with E-state index >= 15 is 0 Å². The molecule has 3 nitrogen and oxygen atoms in total. The summed E-state index contributed by atoms with van der Waals surface area (Å²) < 4.78 is 27.4. The second-order valence-corrected chi connectivity index (χ2v) is 6.25. The third-order valence-corrected chi connectivity index (χ3v) is 4.09. The fraction of sp³-hybridized carbons (Fsp3) is 1.00. The standard InChI is InChI=1S/C9H17BO3S/c1-14(11,12)13-10-8-4-2-5-9(10)7-3-6-8/h8-9H,2-7H2,1H3. The zero-order chi connectivity index (χ0) is 10.2. The maximum Gasteiger partial charge on any atom is 0.324 e. The first-order valence-corrected chi connectivity index (χ1v) is 7.26. The van der Waals surface area contributed by atoms with Crippen LogP contribution in [0, 0.1) is 0 Å². The van der Waals surface area contributed by atoms with Gasteiger partial charge in [-0.2, -0.15) is 0 Å². The molecule has 0 amide bonds. The van der Waals surface area contributed by atoms with Crippen molar-refractivity contribution in [2.75, 3.05) is 6.26 Å². The van der Waals surface area contributed by atoms with Gasteiger partial charge in [-0.05, 0) is 11.6 Å². The smallest absolute Gasteiger partial charge is 0.324 e. The third kappa shape index (κ3) is 2.31. The van der Waals surface area contributed by atoms with Gasteiger partial charge in [-0.15, -0.1) is 0 Å². The van der Waals surface area contributed by atoms with Crippen LogP contribution in [0.25, 0.3) is 0 Å². The zero-order valence-electron chi connectivity index (χ0n) is 8.61.